The normalized spacial score (nSPS) is 36.3. The van der Waals surface area contributed by atoms with Crippen LogP contribution in [0.2, 0.25) is 0 Å². The van der Waals surface area contributed by atoms with Crippen LogP contribution in [0.4, 0.5) is 0 Å². The Labute approximate surface area is 68.5 Å². The third kappa shape index (κ3) is 1.18. The van der Waals surface area contributed by atoms with Gasteiger partial charge in [-0.3, -0.25) is 0 Å². The highest BCUT2D eigenvalue weighted by Crippen LogP contribution is 2.37. The molecule has 2 fully saturated rings. The van der Waals surface area contributed by atoms with Gasteiger partial charge in [0.05, 0.1) is 0 Å². The maximum atomic E-state index is 6.14. The molecule has 2 rings (SSSR count). The predicted molar refractivity (Wildman–Crippen MR) is 46.4 cm³/mol. The van der Waals surface area contributed by atoms with Crippen molar-refractivity contribution in [1.29, 1.82) is 0 Å². The van der Waals surface area contributed by atoms with Gasteiger partial charge in [-0.2, -0.15) is 0 Å². The maximum absolute atomic E-state index is 6.14. The summed E-state index contributed by atoms with van der Waals surface area (Å²) < 4.78 is 0. The van der Waals surface area contributed by atoms with Crippen molar-refractivity contribution in [2.45, 2.75) is 38.1 Å². The molecule has 1 unspecified atom stereocenters. The lowest BCUT2D eigenvalue weighted by molar-refractivity contribution is 0.115. The third-order valence-electron chi connectivity index (χ3n) is 3.43. The van der Waals surface area contributed by atoms with Gasteiger partial charge < -0.3 is 11.1 Å². The molecule has 1 heterocycles. The molecule has 0 aromatic rings. The molecule has 1 aliphatic heterocycles. The van der Waals surface area contributed by atoms with E-state index in [0.717, 1.165) is 0 Å². The number of hydrogen-bond donors (Lipinski definition) is 2. The van der Waals surface area contributed by atoms with Crippen LogP contribution in [-0.2, 0) is 0 Å². The number of nitrogens with one attached hydrogen (secondary N) is 1. The van der Waals surface area contributed by atoms with E-state index < -0.39 is 0 Å². The van der Waals surface area contributed by atoms with Gasteiger partial charge in [-0.15, -0.1) is 0 Å². The van der Waals surface area contributed by atoms with Gasteiger partial charge in [0, 0.05) is 24.5 Å². The van der Waals surface area contributed by atoms with E-state index in [1.807, 2.05) is 0 Å². The van der Waals surface area contributed by atoms with Crippen LogP contribution in [0.5, 0.6) is 0 Å². The summed E-state index contributed by atoms with van der Waals surface area (Å²) in [6.07, 6.45) is 6.76. The summed E-state index contributed by atoms with van der Waals surface area (Å²) >= 11 is 0. The van der Waals surface area contributed by atoms with E-state index in [9.17, 15) is 0 Å². The second kappa shape index (κ2) is 2.76. The smallest absolute Gasteiger partial charge is 0.0120 e. The molecule has 0 aromatic heterocycles. The van der Waals surface area contributed by atoms with Crippen molar-refractivity contribution >= 4 is 0 Å². The fourth-order valence-corrected chi connectivity index (χ4v) is 2.39. The van der Waals surface area contributed by atoms with Crippen LogP contribution >= 0.6 is 0 Å². The van der Waals surface area contributed by atoms with E-state index in [2.05, 4.69) is 5.32 Å². The lowest BCUT2D eigenvalue weighted by atomic mass is 9.72. The zero-order valence-corrected chi connectivity index (χ0v) is 7.10. The van der Waals surface area contributed by atoms with E-state index >= 15 is 0 Å². The molecule has 3 N–H and O–H groups in total. The Bertz CT molecular complexity index is 140. The molecule has 2 nitrogen and oxygen atoms in total. The Kier molecular flexibility index (Phi) is 1.90. The SMILES string of the molecule is NC1CCCCCC12CNC2. The molecule has 0 aromatic carbocycles. The van der Waals surface area contributed by atoms with E-state index in [4.69, 9.17) is 5.73 Å². The molecule has 11 heavy (non-hydrogen) atoms. The molecule has 1 saturated heterocycles. The Balaban J connectivity index is 2.03. The predicted octanol–water partition coefficient (Wildman–Crippen LogP) is 0.867. The minimum atomic E-state index is 0.478. The van der Waals surface area contributed by atoms with E-state index in [-0.39, 0.29) is 0 Å². The zero-order chi connectivity index (χ0) is 7.73. The Hall–Kier alpha value is -0.0800. The molecule has 0 radical (unpaired) electrons. The molecule has 1 aliphatic carbocycles. The molecule has 2 heteroatoms. The Morgan fingerprint density at radius 2 is 2.00 bits per heavy atom. The van der Waals surface area contributed by atoms with Gasteiger partial charge in [-0.1, -0.05) is 19.3 Å². The van der Waals surface area contributed by atoms with Gasteiger partial charge in [-0.05, 0) is 12.8 Å². The van der Waals surface area contributed by atoms with Gasteiger partial charge >= 0.3 is 0 Å². The number of rotatable bonds is 0. The van der Waals surface area contributed by atoms with Crippen molar-refractivity contribution in [2.24, 2.45) is 11.1 Å². The summed E-state index contributed by atoms with van der Waals surface area (Å²) in [5, 5.41) is 3.35. The summed E-state index contributed by atoms with van der Waals surface area (Å²) in [6, 6.07) is 0.478. The lowest BCUT2D eigenvalue weighted by Crippen LogP contribution is -2.61. The van der Waals surface area contributed by atoms with Crippen molar-refractivity contribution in [3.63, 3.8) is 0 Å². The summed E-state index contributed by atoms with van der Waals surface area (Å²) in [7, 11) is 0. The molecule has 1 saturated carbocycles. The molecular weight excluding hydrogens is 136 g/mol. The minimum Gasteiger partial charge on any atom is -0.327 e. The van der Waals surface area contributed by atoms with Crippen LogP contribution in [0.15, 0.2) is 0 Å². The molecule has 64 valence electrons. The Morgan fingerprint density at radius 1 is 1.18 bits per heavy atom. The van der Waals surface area contributed by atoms with Crippen molar-refractivity contribution in [3.8, 4) is 0 Å². The van der Waals surface area contributed by atoms with Crippen LogP contribution in [0.25, 0.3) is 0 Å². The first-order valence-corrected chi connectivity index (χ1v) is 4.80. The highest BCUT2D eigenvalue weighted by atomic mass is 15.0. The summed E-state index contributed by atoms with van der Waals surface area (Å²) in [5.74, 6) is 0. The summed E-state index contributed by atoms with van der Waals surface area (Å²) in [4.78, 5) is 0. The van der Waals surface area contributed by atoms with E-state index in [1.54, 1.807) is 0 Å². The molecule has 0 amide bonds. The molecule has 1 atom stereocenters. The fourth-order valence-electron chi connectivity index (χ4n) is 2.39. The highest BCUT2D eigenvalue weighted by molar-refractivity contribution is 5.00. The van der Waals surface area contributed by atoms with Gasteiger partial charge in [0.1, 0.15) is 0 Å². The average molecular weight is 154 g/mol. The Morgan fingerprint density at radius 3 is 2.64 bits per heavy atom. The highest BCUT2D eigenvalue weighted by Gasteiger charge is 2.42. The van der Waals surface area contributed by atoms with Gasteiger partial charge in [-0.25, -0.2) is 0 Å². The van der Waals surface area contributed by atoms with Crippen LogP contribution in [0, 0.1) is 5.41 Å². The summed E-state index contributed by atoms with van der Waals surface area (Å²) in [5.41, 5.74) is 6.65. The first kappa shape index (κ1) is 7.56. The molecular formula is C9H18N2. The van der Waals surface area contributed by atoms with Crippen LogP contribution in [0.1, 0.15) is 32.1 Å². The number of hydrogen-bond acceptors (Lipinski definition) is 2. The quantitative estimate of drug-likeness (QED) is 0.543. The van der Waals surface area contributed by atoms with Gasteiger partial charge in [0.15, 0.2) is 0 Å². The monoisotopic (exact) mass is 154 g/mol. The standard InChI is InChI=1S/C9H18N2/c10-8-4-2-1-3-5-9(8)6-11-7-9/h8,11H,1-7,10H2. The van der Waals surface area contributed by atoms with Crippen LogP contribution in [-0.4, -0.2) is 19.1 Å². The second-order valence-electron chi connectivity index (χ2n) is 4.17. The fraction of sp³-hybridized carbons (Fsp3) is 1.00. The molecule has 0 bridgehead atoms. The zero-order valence-electron chi connectivity index (χ0n) is 7.10. The topological polar surface area (TPSA) is 38.0 Å². The molecule has 1 spiro atoms. The number of nitrogens with two attached hydrogens (primary N) is 1. The van der Waals surface area contributed by atoms with Crippen molar-refractivity contribution in [3.05, 3.63) is 0 Å². The minimum absolute atomic E-state index is 0.478. The van der Waals surface area contributed by atoms with Crippen LogP contribution < -0.4 is 11.1 Å². The van der Waals surface area contributed by atoms with E-state index in [1.165, 1.54) is 45.2 Å². The maximum Gasteiger partial charge on any atom is 0.0120 e. The lowest BCUT2D eigenvalue weighted by Gasteiger charge is -2.46. The van der Waals surface area contributed by atoms with Gasteiger partial charge in [0.25, 0.3) is 0 Å². The van der Waals surface area contributed by atoms with Crippen molar-refractivity contribution in [2.75, 3.05) is 13.1 Å². The average Bonchev–Trinajstić information content (AvgIpc) is 2.09. The third-order valence-corrected chi connectivity index (χ3v) is 3.43. The molecule has 2 aliphatic rings. The van der Waals surface area contributed by atoms with Crippen LogP contribution in [0.3, 0.4) is 0 Å². The van der Waals surface area contributed by atoms with Crippen molar-refractivity contribution in [1.82, 2.24) is 5.32 Å². The first-order valence-electron chi connectivity index (χ1n) is 4.80. The largest absolute Gasteiger partial charge is 0.327 e. The second-order valence-corrected chi connectivity index (χ2v) is 4.17. The van der Waals surface area contributed by atoms with Gasteiger partial charge in [0.2, 0.25) is 0 Å². The summed E-state index contributed by atoms with van der Waals surface area (Å²) in [6.45, 7) is 2.35. The van der Waals surface area contributed by atoms with Crippen molar-refractivity contribution < 1.29 is 0 Å². The first-order chi connectivity index (χ1) is 5.33. The van der Waals surface area contributed by atoms with E-state index in [0.29, 0.717) is 11.5 Å².